The zero-order chi connectivity index (χ0) is 11.1. The molecule has 0 bridgehead atoms. The van der Waals surface area contributed by atoms with Gasteiger partial charge in [0.05, 0.1) is 12.6 Å². The number of isocyanates is 2. The van der Waals surface area contributed by atoms with Crippen LogP contribution < -0.4 is 0 Å². The number of rotatable bonds is 4. The molecule has 82 valence electrons. The van der Waals surface area contributed by atoms with Crippen LogP contribution in [0.25, 0.3) is 0 Å². The molecule has 15 heavy (non-hydrogen) atoms. The molecule has 0 spiro atoms. The van der Waals surface area contributed by atoms with Gasteiger partial charge in [0.1, 0.15) is 0 Å². The lowest BCUT2D eigenvalue weighted by molar-refractivity contribution is 0.239. The van der Waals surface area contributed by atoms with Crippen LogP contribution in [-0.4, -0.2) is 24.7 Å². The summed E-state index contributed by atoms with van der Waals surface area (Å²) in [5, 5.41) is 0. The molecule has 0 heterocycles. The summed E-state index contributed by atoms with van der Waals surface area (Å²) in [5.41, 5.74) is 0. The van der Waals surface area contributed by atoms with Crippen molar-refractivity contribution in [2.45, 2.75) is 38.6 Å². The summed E-state index contributed by atoms with van der Waals surface area (Å²) >= 11 is 0. The molecule has 0 aromatic heterocycles. The highest BCUT2D eigenvalue weighted by atomic mass is 16.1. The first-order chi connectivity index (χ1) is 7.31. The van der Waals surface area contributed by atoms with Crippen LogP contribution in [0.4, 0.5) is 0 Å². The predicted octanol–water partition coefficient (Wildman–Crippen LogP) is 1.85. The number of aliphatic imine (C=N–C) groups is 2. The maximum Gasteiger partial charge on any atom is 0.235 e. The summed E-state index contributed by atoms with van der Waals surface area (Å²) in [6.07, 6.45) is 7.33. The van der Waals surface area contributed by atoms with Crippen molar-refractivity contribution in [3.8, 4) is 0 Å². The van der Waals surface area contributed by atoms with E-state index < -0.39 is 0 Å². The van der Waals surface area contributed by atoms with Gasteiger partial charge >= 0.3 is 0 Å². The standard InChI is InChI=1S/C11H16N2O2/c1-2-9-3-4-10(6-12-7-14)11(5-9)13-8-15/h9-11H,2-6H2,1H3. The third-order valence-corrected chi connectivity index (χ3v) is 3.25. The Kier molecular flexibility index (Phi) is 4.96. The van der Waals surface area contributed by atoms with E-state index in [4.69, 9.17) is 0 Å². The SMILES string of the molecule is CCC1CCC(CN=C=O)C(N=C=O)C1. The highest BCUT2D eigenvalue weighted by Crippen LogP contribution is 2.32. The second-order valence-corrected chi connectivity index (χ2v) is 4.07. The monoisotopic (exact) mass is 208 g/mol. The third-order valence-electron chi connectivity index (χ3n) is 3.25. The Hall–Kier alpha value is -1.24. The lowest BCUT2D eigenvalue weighted by atomic mass is 9.77. The first-order valence-corrected chi connectivity index (χ1v) is 5.42. The minimum atomic E-state index is -0.00157. The molecule has 0 aromatic carbocycles. The molecule has 0 amide bonds. The van der Waals surface area contributed by atoms with E-state index >= 15 is 0 Å². The van der Waals surface area contributed by atoms with Crippen LogP contribution in [0.15, 0.2) is 9.98 Å². The largest absolute Gasteiger partial charge is 0.235 e. The van der Waals surface area contributed by atoms with Gasteiger partial charge in [-0.05, 0) is 25.2 Å². The molecule has 0 saturated heterocycles. The summed E-state index contributed by atoms with van der Waals surface area (Å²) in [7, 11) is 0. The number of nitrogens with zero attached hydrogens (tertiary/aromatic N) is 2. The van der Waals surface area contributed by atoms with Gasteiger partial charge in [0.15, 0.2) is 0 Å². The molecule has 0 aromatic rings. The fourth-order valence-electron chi connectivity index (χ4n) is 2.26. The van der Waals surface area contributed by atoms with E-state index in [-0.39, 0.29) is 12.0 Å². The van der Waals surface area contributed by atoms with Crippen molar-refractivity contribution >= 4 is 12.2 Å². The lowest BCUT2D eigenvalue weighted by Crippen LogP contribution is -2.29. The molecule has 3 unspecified atom stereocenters. The Balaban J connectivity index is 2.62. The van der Waals surface area contributed by atoms with Gasteiger partial charge in [-0.2, -0.15) is 0 Å². The molecular weight excluding hydrogens is 192 g/mol. The van der Waals surface area contributed by atoms with E-state index in [2.05, 4.69) is 16.9 Å². The normalized spacial score (nSPS) is 30.1. The summed E-state index contributed by atoms with van der Waals surface area (Å²) in [6, 6.07) is -0.00157. The molecule has 3 atom stereocenters. The van der Waals surface area contributed by atoms with Crippen molar-refractivity contribution < 1.29 is 9.59 Å². The maximum atomic E-state index is 10.3. The molecule has 1 aliphatic carbocycles. The topological polar surface area (TPSA) is 58.9 Å². The smallest absolute Gasteiger partial charge is 0.211 e. The molecule has 4 nitrogen and oxygen atoms in total. The average molecular weight is 208 g/mol. The third kappa shape index (κ3) is 3.43. The van der Waals surface area contributed by atoms with Crippen LogP contribution in [0.3, 0.4) is 0 Å². The van der Waals surface area contributed by atoms with E-state index in [0.29, 0.717) is 12.5 Å². The van der Waals surface area contributed by atoms with Crippen molar-refractivity contribution in [2.75, 3.05) is 6.54 Å². The van der Waals surface area contributed by atoms with Gasteiger partial charge in [-0.3, -0.25) is 0 Å². The van der Waals surface area contributed by atoms with Crippen LogP contribution in [0.2, 0.25) is 0 Å². The van der Waals surface area contributed by atoms with Gasteiger partial charge in [-0.15, -0.1) is 0 Å². The van der Waals surface area contributed by atoms with Gasteiger partial charge in [0.2, 0.25) is 12.2 Å². The summed E-state index contributed by atoms with van der Waals surface area (Å²) in [5.74, 6) is 0.860. The molecule has 0 N–H and O–H groups in total. The molecule has 0 radical (unpaired) electrons. The summed E-state index contributed by atoms with van der Waals surface area (Å²) in [4.78, 5) is 27.7. The first-order valence-electron chi connectivity index (χ1n) is 5.42. The van der Waals surface area contributed by atoms with Gasteiger partial charge in [-0.25, -0.2) is 19.6 Å². The second-order valence-electron chi connectivity index (χ2n) is 4.07. The Morgan fingerprint density at radius 3 is 2.67 bits per heavy atom. The minimum absolute atomic E-state index is 0.00157. The number of carbonyl (C=O) groups excluding carboxylic acids is 2. The Morgan fingerprint density at radius 1 is 1.27 bits per heavy atom. The van der Waals surface area contributed by atoms with Crippen molar-refractivity contribution in [1.82, 2.24) is 0 Å². The van der Waals surface area contributed by atoms with Crippen molar-refractivity contribution in [1.29, 1.82) is 0 Å². The quantitative estimate of drug-likeness (QED) is 0.523. The molecule has 4 heteroatoms. The fourth-order valence-corrected chi connectivity index (χ4v) is 2.26. The van der Waals surface area contributed by atoms with Crippen LogP contribution in [0.5, 0.6) is 0 Å². The number of hydrogen-bond acceptors (Lipinski definition) is 4. The fraction of sp³-hybridized carbons (Fsp3) is 0.818. The van der Waals surface area contributed by atoms with Gasteiger partial charge in [0, 0.05) is 5.92 Å². The van der Waals surface area contributed by atoms with Crippen LogP contribution in [-0.2, 0) is 9.59 Å². The van der Waals surface area contributed by atoms with Crippen molar-refractivity contribution in [2.24, 2.45) is 21.8 Å². The van der Waals surface area contributed by atoms with Gasteiger partial charge in [-0.1, -0.05) is 13.3 Å². The van der Waals surface area contributed by atoms with Gasteiger partial charge in [0.25, 0.3) is 0 Å². The Morgan fingerprint density at radius 2 is 2.07 bits per heavy atom. The lowest BCUT2D eigenvalue weighted by Gasteiger charge is -2.31. The maximum absolute atomic E-state index is 10.3. The van der Waals surface area contributed by atoms with Crippen LogP contribution >= 0.6 is 0 Å². The highest BCUT2D eigenvalue weighted by molar-refractivity contribution is 5.34. The highest BCUT2D eigenvalue weighted by Gasteiger charge is 2.29. The molecule has 0 aliphatic heterocycles. The van der Waals surface area contributed by atoms with Crippen molar-refractivity contribution in [3.05, 3.63) is 0 Å². The molecule has 1 fully saturated rings. The minimum Gasteiger partial charge on any atom is -0.211 e. The van der Waals surface area contributed by atoms with E-state index in [0.717, 1.165) is 25.7 Å². The second kappa shape index (κ2) is 6.28. The first kappa shape index (κ1) is 11.8. The molecule has 1 saturated carbocycles. The van der Waals surface area contributed by atoms with Gasteiger partial charge < -0.3 is 0 Å². The van der Waals surface area contributed by atoms with Crippen molar-refractivity contribution in [3.63, 3.8) is 0 Å². The summed E-state index contributed by atoms with van der Waals surface area (Å²) < 4.78 is 0. The predicted molar refractivity (Wildman–Crippen MR) is 56.0 cm³/mol. The van der Waals surface area contributed by atoms with Crippen LogP contribution in [0, 0.1) is 11.8 Å². The summed E-state index contributed by atoms with van der Waals surface area (Å²) in [6.45, 7) is 2.59. The van der Waals surface area contributed by atoms with E-state index in [9.17, 15) is 9.59 Å². The van der Waals surface area contributed by atoms with E-state index in [1.807, 2.05) is 0 Å². The van der Waals surface area contributed by atoms with E-state index in [1.165, 1.54) is 6.08 Å². The average Bonchev–Trinajstić information content (AvgIpc) is 2.27. The number of hydrogen-bond donors (Lipinski definition) is 0. The van der Waals surface area contributed by atoms with E-state index in [1.54, 1.807) is 6.08 Å². The van der Waals surface area contributed by atoms with Crippen LogP contribution in [0.1, 0.15) is 32.6 Å². The Labute approximate surface area is 89.5 Å². The zero-order valence-electron chi connectivity index (χ0n) is 8.98. The zero-order valence-corrected chi connectivity index (χ0v) is 8.98. The Bertz CT molecular complexity index is 291. The molecule has 1 rings (SSSR count). The molecule has 1 aliphatic rings. The molecular formula is C11H16N2O2.